The quantitative estimate of drug-likeness (QED) is 0.473. The summed E-state index contributed by atoms with van der Waals surface area (Å²) in [7, 11) is 1.46. The third kappa shape index (κ3) is 5.88. The highest BCUT2D eigenvalue weighted by molar-refractivity contribution is 5.87. The fraction of sp³-hybridized carbons (Fsp3) is 0.250. The van der Waals surface area contributed by atoms with Gasteiger partial charge in [0.25, 0.3) is 0 Å². The number of phenolic OH excluding ortho intramolecular Hbond substituents is 1. The number of ether oxygens (including phenoxy) is 3. The van der Waals surface area contributed by atoms with Crippen LogP contribution in [0.3, 0.4) is 0 Å². The lowest BCUT2D eigenvalue weighted by molar-refractivity contribution is -0.138. The van der Waals surface area contributed by atoms with Gasteiger partial charge >= 0.3 is 5.97 Å². The number of hydrogen-bond acceptors (Lipinski definition) is 5. The number of aryl methyl sites for hydroxylation is 2. The van der Waals surface area contributed by atoms with Crippen LogP contribution in [0.1, 0.15) is 16.7 Å². The molecule has 0 bridgehead atoms. The monoisotopic (exact) mass is 342 g/mol. The summed E-state index contributed by atoms with van der Waals surface area (Å²) in [6, 6.07) is 10.7. The molecule has 5 nitrogen and oxygen atoms in total. The Balaban J connectivity index is 1.78. The third-order valence-corrected chi connectivity index (χ3v) is 3.41. The zero-order valence-corrected chi connectivity index (χ0v) is 14.6. The smallest absolute Gasteiger partial charge is 0.330 e. The molecule has 2 aromatic carbocycles. The van der Waals surface area contributed by atoms with Crippen molar-refractivity contribution in [3.63, 3.8) is 0 Å². The van der Waals surface area contributed by atoms with Gasteiger partial charge in [0.05, 0.1) is 7.11 Å². The van der Waals surface area contributed by atoms with Crippen molar-refractivity contribution in [3.05, 3.63) is 59.2 Å². The van der Waals surface area contributed by atoms with Crippen molar-refractivity contribution >= 4 is 12.0 Å². The summed E-state index contributed by atoms with van der Waals surface area (Å²) in [4.78, 5) is 11.7. The van der Waals surface area contributed by atoms with E-state index < -0.39 is 5.97 Å². The van der Waals surface area contributed by atoms with Gasteiger partial charge in [-0.25, -0.2) is 4.79 Å². The summed E-state index contributed by atoms with van der Waals surface area (Å²) in [6.45, 7) is 4.45. The number of benzene rings is 2. The van der Waals surface area contributed by atoms with Gasteiger partial charge in [0.1, 0.15) is 19.0 Å². The molecular formula is C20H22O5. The van der Waals surface area contributed by atoms with Crippen LogP contribution in [0, 0.1) is 13.8 Å². The van der Waals surface area contributed by atoms with Gasteiger partial charge in [-0.3, -0.25) is 0 Å². The van der Waals surface area contributed by atoms with Crippen LogP contribution in [0.4, 0.5) is 0 Å². The van der Waals surface area contributed by atoms with Crippen LogP contribution < -0.4 is 9.47 Å². The van der Waals surface area contributed by atoms with E-state index in [0.717, 1.165) is 22.4 Å². The van der Waals surface area contributed by atoms with E-state index in [9.17, 15) is 9.90 Å². The van der Waals surface area contributed by atoms with E-state index in [-0.39, 0.29) is 19.0 Å². The SMILES string of the molecule is COc1cc(/C=C/C(=O)OCCOc2cc(C)cc(C)c2)ccc1O. The van der Waals surface area contributed by atoms with E-state index in [1.54, 1.807) is 18.2 Å². The van der Waals surface area contributed by atoms with E-state index in [1.807, 2.05) is 26.0 Å². The minimum absolute atomic E-state index is 0.0470. The molecule has 25 heavy (non-hydrogen) atoms. The number of esters is 1. The summed E-state index contributed by atoms with van der Waals surface area (Å²) in [5, 5.41) is 9.53. The van der Waals surface area contributed by atoms with Gasteiger partial charge in [-0.15, -0.1) is 0 Å². The number of methoxy groups -OCH3 is 1. The number of carbonyl (C=O) groups is 1. The molecule has 0 aliphatic heterocycles. The molecule has 0 fully saturated rings. The largest absolute Gasteiger partial charge is 0.504 e. The Bertz CT molecular complexity index is 744. The summed E-state index contributed by atoms with van der Waals surface area (Å²) in [6.07, 6.45) is 2.91. The molecule has 1 N–H and O–H groups in total. The molecule has 2 aromatic rings. The Labute approximate surface area is 147 Å². The molecule has 0 radical (unpaired) electrons. The average Bonchev–Trinajstić information content (AvgIpc) is 2.57. The number of aromatic hydroxyl groups is 1. The molecule has 0 saturated heterocycles. The lowest BCUT2D eigenvalue weighted by atomic mass is 10.1. The van der Waals surface area contributed by atoms with Crippen LogP contribution >= 0.6 is 0 Å². The zero-order chi connectivity index (χ0) is 18.2. The Morgan fingerprint density at radius 2 is 1.80 bits per heavy atom. The highest BCUT2D eigenvalue weighted by Crippen LogP contribution is 2.26. The minimum Gasteiger partial charge on any atom is -0.504 e. The molecule has 0 heterocycles. The van der Waals surface area contributed by atoms with Crippen molar-refractivity contribution in [1.82, 2.24) is 0 Å². The number of phenols is 1. The second kappa shape index (κ2) is 8.78. The van der Waals surface area contributed by atoms with Gasteiger partial charge in [0.2, 0.25) is 0 Å². The maximum atomic E-state index is 11.7. The fourth-order valence-corrected chi connectivity index (χ4v) is 2.33. The van der Waals surface area contributed by atoms with E-state index in [4.69, 9.17) is 14.2 Å². The van der Waals surface area contributed by atoms with Gasteiger partial charge in [-0.2, -0.15) is 0 Å². The summed E-state index contributed by atoms with van der Waals surface area (Å²) >= 11 is 0. The van der Waals surface area contributed by atoms with Crippen molar-refractivity contribution in [2.75, 3.05) is 20.3 Å². The highest BCUT2D eigenvalue weighted by Gasteiger charge is 2.02. The maximum absolute atomic E-state index is 11.7. The molecule has 0 aliphatic carbocycles. The van der Waals surface area contributed by atoms with Crippen LogP contribution in [0.15, 0.2) is 42.5 Å². The first-order chi connectivity index (χ1) is 12.0. The molecule has 0 unspecified atom stereocenters. The van der Waals surface area contributed by atoms with Crippen LogP contribution in [0.25, 0.3) is 6.08 Å². The molecule has 0 atom stereocenters. The minimum atomic E-state index is -0.462. The third-order valence-electron chi connectivity index (χ3n) is 3.41. The zero-order valence-electron chi connectivity index (χ0n) is 14.6. The van der Waals surface area contributed by atoms with Crippen LogP contribution in [-0.2, 0) is 9.53 Å². The normalized spacial score (nSPS) is 10.7. The molecular weight excluding hydrogens is 320 g/mol. The predicted octanol–water partition coefficient (Wildman–Crippen LogP) is 3.65. The number of carbonyl (C=O) groups excluding carboxylic acids is 1. The molecule has 132 valence electrons. The van der Waals surface area contributed by atoms with Gasteiger partial charge in [-0.05, 0) is 60.9 Å². The highest BCUT2D eigenvalue weighted by atomic mass is 16.6. The van der Waals surface area contributed by atoms with Crippen LogP contribution in [0.2, 0.25) is 0 Å². The molecule has 5 heteroatoms. The Hall–Kier alpha value is -2.95. The Morgan fingerprint density at radius 3 is 2.48 bits per heavy atom. The topological polar surface area (TPSA) is 65.0 Å². The molecule has 0 aromatic heterocycles. The molecule has 0 spiro atoms. The lowest BCUT2D eigenvalue weighted by Gasteiger charge is -2.08. The standard InChI is InChI=1S/C20H22O5/c1-14-10-15(2)12-17(11-14)24-8-9-25-20(22)7-5-16-4-6-18(21)19(13-16)23-3/h4-7,10-13,21H,8-9H2,1-3H3/b7-5+. The maximum Gasteiger partial charge on any atom is 0.330 e. The van der Waals surface area contributed by atoms with Crippen molar-refractivity contribution in [3.8, 4) is 17.2 Å². The lowest BCUT2D eigenvalue weighted by Crippen LogP contribution is -2.10. The average molecular weight is 342 g/mol. The van der Waals surface area contributed by atoms with E-state index in [2.05, 4.69) is 6.07 Å². The number of hydrogen-bond donors (Lipinski definition) is 1. The van der Waals surface area contributed by atoms with Crippen molar-refractivity contribution in [1.29, 1.82) is 0 Å². The summed E-state index contributed by atoms with van der Waals surface area (Å²) in [5.74, 6) is 0.694. The molecule has 0 amide bonds. The van der Waals surface area contributed by atoms with Crippen molar-refractivity contribution < 1.29 is 24.1 Å². The first kappa shape index (κ1) is 18.4. The first-order valence-electron chi connectivity index (χ1n) is 7.91. The first-order valence-corrected chi connectivity index (χ1v) is 7.91. The molecule has 0 aliphatic rings. The molecule has 2 rings (SSSR count). The second-order valence-corrected chi connectivity index (χ2v) is 5.60. The van der Waals surface area contributed by atoms with Gasteiger partial charge in [0.15, 0.2) is 11.5 Å². The Morgan fingerprint density at radius 1 is 1.08 bits per heavy atom. The molecule has 0 saturated carbocycles. The van der Waals surface area contributed by atoms with E-state index >= 15 is 0 Å². The van der Waals surface area contributed by atoms with E-state index in [0.29, 0.717) is 5.75 Å². The van der Waals surface area contributed by atoms with Crippen LogP contribution in [-0.4, -0.2) is 31.4 Å². The Kier molecular flexibility index (Phi) is 6.46. The van der Waals surface area contributed by atoms with Gasteiger partial charge < -0.3 is 19.3 Å². The predicted molar refractivity (Wildman–Crippen MR) is 96.1 cm³/mol. The summed E-state index contributed by atoms with van der Waals surface area (Å²) < 4.78 is 15.7. The van der Waals surface area contributed by atoms with Gasteiger partial charge in [-0.1, -0.05) is 12.1 Å². The number of rotatable bonds is 7. The van der Waals surface area contributed by atoms with Crippen molar-refractivity contribution in [2.45, 2.75) is 13.8 Å². The van der Waals surface area contributed by atoms with E-state index in [1.165, 1.54) is 19.3 Å². The second-order valence-electron chi connectivity index (χ2n) is 5.60. The van der Waals surface area contributed by atoms with Gasteiger partial charge in [0, 0.05) is 6.08 Å². The van der Waals surface area contributed by atoms with Crippen LogP contribution in [0.5, 0.6) is 17.2 Å². The van der Waals surface area contributed by atoms with Crippen molar-refractivity contribution in [2.24, 2.45) is 0 Å². The summed E-state index contributed by atoms with van der Waals surface area (Å²) in [5.41, 5.74) is 2.97. The fourth-order valence-electron chi connectivity index (χ4n) is 2.33.